The van der Waals surface area contributed by atoms with E-state index in [1.807, 2.05) is 0 Å². The van der Waals surface area contributed by atoms with E-state index >= 15 is 0 Å². The maximum absolute atomic E-state index is 8.42. The van der Waals surface area contributed by atoms with E-state index in [1.54, 1.807) is 0 Å². The fraction of sp³-hybridized carbons (Fsp3) is 0.900. The van der Waals surface area contributed by atoms with E-state index < -0.39 is 0 Å². The fourth-order valence-electron chi connectivity index (χ4n) is 2.29. The molecule has 1 aliphatic rings. The lowest BCUT2D eigenvalue weighted by Crippen LogP contribution is -2.32. The first-order chi connectivity index (χ1) is 5.79. The first-order valence-corrected chi connectivity index (χ1v) is 4.90. The molecule has 12 heavy (non-hydrogen) atoms. The molecule has 0 aromatic carbocycles. The summed E-state index contributed by atoms with van der Waals surface area (Å²) >= 11 is 0. The number of nitrogens with zero attached hydrogens (tertiary/aromatic N) is 1. The Morgan fingerprint density at radius 2 is 2.25 bits per heavy atom. The van der Waals surface area contributed by atoms with Crippen LogP contribution < -0.4 is 5.32 Å². The van der Waals surface area contributed by atoms with Gasteiger partial charge in [0, 0.05) is 6.04 Å². The van der Waals surface area contributed by atoms with Crippen molar-refractivity contribution < 1.29 is 0 Å². The zero-order chi connectivity index (χ0) is 8.97. The molecular weight excluding hydrogens is 148 g/mol. The van der Waals surface area contributed by atoms with Crippen LogP contribution in [0.15, 0.2) is 0 Å². The molecule has 0 aromatic heterocycles. The van der Waals surface area contributed by atoms with E-state index in [1.165, 1.54) is 19.3 Å². The van der Waals surface area contributed by atoms with Gasteiger partial charge in [-0.1, -0.05) is 20.3 Å². The molecule has 0 amide bonds. The van der Waals surface area contributed by atoms with Gasteiger partial charge in [-0.3, -0.25) is 0 Å². The predicted octanol–water partition coefficient (Wildman–Crippen LogP) is 1.92. The van der Waals surface area contributed by atoms with Crippen molar-refractivity contribution in [2.75, 3.05) is 6.54 Å². The molecule has 0 radical (unpaired) electrons. The number of hydrogen-bond acceptors (Lipinski definition) is 2. The monoisotopic (exact) mass is 166 g/mol. The van der Waals surface area contributed by atoms with Crippen LogP contribution in [0.3, 0.4) is 0 Å². The third-order valence-corrected chi connectivity index (χ3v) is 3.19. The Bertz CT molecular complexity index is 171. The van der Waals surface area contributed by atoms with Crippen molar-refractivity contribution in [2.45, 2.75) is 39.2 Å². The van der Waals surface area contributed by atoms with Gasteiger partial charge >= 0.3 is 0 Å². The zero-order valence-electron chi connectivity index (χ0n) is 8.01. The van der Waals surface area contributed by atoms with Gasteiger partial charge in [0.2, 0.25) is 0 Å². The Morgan fingerprint density at radius 3 is 2.75 bits per heavy atom. The molecule has 0 saturated heterocycles. The van der Waals surface area contributed by atoms with Crippen LogP contribution in [0.25, 0.3) is 0 Å². The van der Waals surface area contributed by atoms with Gasteiger partial charge in [0.25, 0.3) is 0 Å². The highest BCUT2D eigenvalue weighted by atomic mass is 14.9. The minimum absolute atomic E-state index is 0.505. The molecule has 1 aliphatic carbocycles. The summed E-state index contributed by atoms with van der Waals surface area (Å²) in [5, 5.41) is 11.7. The van der Waals surface area contributed by atoms with Crippen molar-refractivity contribution in [3.8, 4) is 6.07 Å². The summed E-state index contributed by atoms with van der Waals surface area (Å²) in [7, 11) is 0. The summed E-state index contributed by atoms with van der Waals surface area (Å²) < 4.78 is 0. The van der Waals surface area contributed by atoms with E-state index in [0.717, 1.165) is 11.8 Å². The van der Waals surface area contributed by atoms with Crippen molar-refractivity contribution in [1.82, 2.24) is 5.32 Å². The lowest BCUT2D eigenvalue weighted by Gasteiger charge is -2.19. The first-order valence-electron chi connectivity index (χ1n) is 4.90. The van der Waals surface area contributed by atoms with Gasteiger partial charge in [0.1, 0.15) is 0 Å². The van der Waals surface area contributed by atoms with Crippen molar-refractivity contribution in [3.63, 3.8) is 0 Å². The van der Waals surface area contributed by atoms with Gasteiger partial charge < -0.3 is 5.32 Å². The highest BCUT2D eigenvalue weighted by molar-refractivity contribution is 4.88. The van der Waals surface area contributed by atoms with Gasteiger partial charge in [0.15, 0.2) is 0 Å². The number of nitrogens with one attached hydrogen (secondary N) is 1. The number of nitriles is 1. The van der Waals surface area contributed by atoms with Gasteiger partial charge in [-0.15, -0.1) is 0 Å². The summed E-state index contributed by atoms with van der Waals surface area (Å²) in [5.41, 5.74) is 0. The third-order valence-electron chi connectivity index (χ3n) is 3.19. The molecule has 0 heterocycles. The van der Waals surface area contributed by atoms with E-state index in [2.05, 4.69) is 25.2 Å². The molecule has 2 nitrogen and oxygen atoms in total. The van der Waals surface area contributed by atoms with Crippen LogP contribution in [0.2, 0.25) is 0 Å². The highest BCUT2D eigenvalue weighted by Crippen LogP contribution is 2.33. The second-order valence-corrected chi connectivity index (χ2v) is 3.75. The predicted molar refractivity (Wildman–Crippen MR) is 49.6 cm³/mol. The minimum Gasteiger partial charge on any atom is -0.301 e. The Balaban J connectivity index is 2.34. The highest BCUT2D eigenvalue weighted by Gasteiger charge is 2.30. The standard InChI is InChI=1S/C10H18N2/c1-3-9-4-5-10(8(9)2)12-7-6-11/h8-10,12H,3-5,7H2,1-2H3. The first kappa shape index (κ1) is 9.54. The Kier molecular flexibility index (Phi) is 3.55. The minimum atomic E-state index is 0.505. The average molecular weight is 166 g/mol. The van der Waals surface area contributed by atoms with Crippen LogP contribution in [0.5, 0.6) is 0 Å². The van der Waals surface area contributed by atoms with E-state index in [-0.39, 0.29) is 0 Å². The maximum atomic E-state index is 8.42. The molecular formula is C10H18N2. The molecule has 3 unspecified atom stereocenters. The van der Waals surface area contributed by atoms with Crippen molar-refractivity contribution in [3.05, 3.63) is 0 Å². The van der Waals surface area contributed by atoms with Crippen LogP contribution in [-0.2, 0) is 0 Å². The molecule has 68 valence electrons. The van der Waals surface area contributed by atoms with Gasteiger partial charge in [-0.25, -0.2) is 0 Å². The van der Waals surface area contributed by atoms with Gasteiger partial charge in [-0.05, 0) is 24.7 Å². The summed E-state index contributed by atoms with van der Waals surface area (Å²) in [6.07, 6.45) is 3.87. The quantitative estimate of drug-likeness (QED) is 0.650. The second kappa shape index (κ2) is 4.47. The normalized spacial score (nSPS) is 34.9. The van der Waals surface area contributed by atoms with Crippen molar-refractivity contribution in [1.29, 1.82) is 5.26 Å². The van der Waals surface area contributed by atoms with E-state index in [9.17, 15) is 0 Å². The molecule has 1 saturated carbocycles. The third kappa shape index (κ3) is 1.98. The Labute approximate surface area is 75.0 Å². The summed E-state index contributed by atoms with van der Waals surface area (Å²) in [6.45, 7) is 5.06. The van der Waals surface area contributed by atoms with Crippen molar-refractivity contribution >= 4 is 0 Å². The molecule has 0 aliphatic heterocycles. The summed E-state index contributed by atoms with van der Waals surface area (Å²) in [5.74, 6) is 1.63. The fourth-order valence-corrected chi connectivity index (χ4v) is 2.29. The molecule has 0 spiro atoms. The molecule has 1 rings (SSSR count). The number of rotatable bonds is 3. The topological polar surface area (TPSA) is 35.8 Å². The average Bonchev–Trinajstić information content (AvgIpc) is 2.43. The number of hydrogen-bond donors (Lipinski definition) is 1. The Morgan fingerprint density at radius 1 is 1.50 bits per heavy atom. The molecule has 0 bridgehead atoms. The van der Waals surface area contributed by atoms with Crippen LogP contribution in [0.1, 0.15) is 33.1 Å². The second-order valence-electron chi connectivity index (χ2n) is 3.75. The van der Waals surface area contributed by atoms with E-state index in [0.29, 0.717) is 12.6 Å². The summed E-state index contributed by atoms with van der Waals surface area (Å²) in [6, 6.07) is 2.73. The van der Waals surface area contributed by atoms with Crippen LogP contribution in [0, 0.1) is 23.2 Å². The lowest BCUT2D eigenvalue weighted by atomic mass is 9.93. The molecule has 2 heteroatoms. The lowest BCUT2D eigenvalue weighted by molar-refractivity contribution is 0.353. The maximum Gasteiger partial charge on any atom is 0.0843 e. The molecule has 3 atom stereocenters. The molecule has 1 N–H and O–H groups in total. The molecule has 1 fully saturated rings. The van der Waals surface area contributed by atoms with Gasteiger partial charge in [-0.2, -0.15) is 5.26 Å². The summed E-state index contributed by atoms with van der Waals surface area (Å²) in [4.78, 5) is 0. The van der Waals surface area contributed by atoms with Crippen molar-refractivity contribution in [2.24, 2.45) is 11.8 Å². The zero-order valence-corrected chi connectivity index (χ0v) is 8.01. The smallest absolute Gasteiger partial charge is 0.0843 e. The van der Waals surface area contributed by atoms with Crippen LogP contribution in [-0.4, -0.2) is 12.6 Å². The van der Waals surface area contributed by atoms with Crippen LogP contribution in [0.4, 0.5) is 0 Å². The Hall–Kier alpha value is -0.550. The van der Waals surface area contributed by atoms with Gasteiger partial charge in [0.05, 0.1) is 12.6 Å². The largest absolute Gasteiger partial charge is 0.301 e. The SMILES string of the molecule is CCC1CCC(NCC#N)C1C. The van der Waals surface area contributed by atoms with E-state index in [4.69, 9.17) is 5.26 Å². The molecule has 0 aromatic rings. The van der Waals surface area contributed by atoms with Crippen LogP contribution >= 0.6 is 0 Å².